The number of ether oxygens (including phenoxy) is 1. The minimum atomic E-state index is -0.0280. The first kappa shape index (κ1) is 18.4. The highest BCUT2D eigenvalue weighted by Crippen LogP contribution is 2.20. The van der Waals surface area contributed by atoms with Gasteiger partial charge in [0.15, 0.2) is 0 Å². The predicted octanol–water partition coefficient (Wildman–Crippen LogP) is 2.03. The monoisotopic (exact) mass is 345 g/mol. The molecule has 5 heteroatoms. The summed E-state index contributed by atoms with van der Waals surface area (Å²) < 4.78 is 5.21. The Hall–Kier alpha value is -1.98. The summed E-state index contributed by atoms with van der Waals surface area (Å²) in [6.45, 7) is 0.580. The molecule has 0 aromatic heterocycles. The Bertz CT molecular complexity index is 671. The Balaban J connectivity index is 2.09. The number of hydrogen-bond acceptors (Lipinski definition) is 3. The van der Waals surface area contributed by atoms with Crippen LogP contribution >= 0.6 is 11.8 Å². The van der Waals surface area contributed by atoms with Crippen molar-refractivity contribution in [1.29, 1.82) is 0 Å². The molecule has 4 nitrogen and oxygen atoms in total. The number of methoxy groups -OCH3 is 1. The lowest BCUT2D eigenvalue weighted by Gasteiger charge is -2.22. The van der Waals surface area contributed by atoms with Crippen molar-refractivity contribution in [2.75, 3.05) is 34.0 Å². The number of quaternary nitrogens is 1. The van der Waals surface area contributed by atoms with Crippen molar-refractivity contribution < 1.29 is 14.4 Å². The molecule has 0 radical (unpaired) electrons. The van der Waals surface area contributed by atoms with Gasteiger partial charge in [0, 0.05) is 10.5 Å². The number of rotatable bonds is 7. The number of carbonyl (C=O) groups is 1. The molecule has 2 aromatic rings. The average molecular weight is 345 g/mol. The van der Waals surface area contributed by atoms with Crippen LogP contribution in [0.2, 0.25) is 0 Å². The Labute approximate surface area is 148 Å². The maximum absolute atomic E-state index is 12.5. The van der Waals surface area contributed by atoms with Crippen molar-refractivity contribution in [3.63, 3.8) is 0 Å². The molecule has 1 atom stereocenters. The van der Waals surface area contributed by atoms with Gasteiger partial charge in [-0.15, -0.1) is 11.8 Å². The van der Waals surface area contributed by atoms with E-state index in [1.807, 2.05) is 42.7 Å². The van der Waals surface area contributed by atoms with E-state index in [0.29, 0.717) is 6.54 Å². The van der Waals surface area contributed by atoms with Crippen molar-refractivity contribution >= 4 is 17.7 Å². The highest BCUT2D eigenvalue weighted by atomic mass is 32.2. The largest absolute Gasteiger partial charge is 0.497 e. The van der Waals surface area contributed by atoms with Crippen LogP contribution in [0.25, 0.3) is 0 Å². The Morgan fingerprint density at radius 3 is 2.42 bits per heavy atom. The zero-order valence-electron chi connectivity index (χ0n) is 14.6. The molecule has 0 aliphatic carbocycles. The zero-order valence-corrected chi connectivity index (χ0v) is 15.4. The van der Waals surface area contributed by atoms with Crippen LogP contribution in [0.3, 0.4) is 0 Å². The van der Waals surface area contributed by atoms with E-state index in [1.54, 1.807) is 18.9 Å². The topological polar surface area (TPSA) is 42.8 Å². The van der Waals surface area contributed by atoms with Crippen LogP contribution in [0, 0.1) is 0 Å². The molecule has 0 bridgehead atoms. The molecule has 2 N–H and O–H groups in total. The molecule has 0 unspecified atom stereocenters. The number of hydrogen-bond donors (Lipinski definition) is 2. The summed E-state index contributed by atoms with van der Waals surface area (Å²) in [5, 5.41) is 3.08. The van der Waals surface area contributed by atoms with Gasteiger partial charge in [-0.1, -0.05) is 12.1 Å². The lowest BCUT2D eigenvalue weighted by atomic mass is 10.1. The molecule has 0 aliphatic rings. The van der Waals surface area contributed by atoms with Crippen LogP contribution in [0.5, 0.6) is 5.75 Å². The number of nitrogens with one attached hydrogen (secondary N) is 2. The molecule has 0 spiro atoms. The van der Waals surface area contributed by atoms with Crippen LogP contribution in [0.15, 0.2) is 53.4 Å². The van der Waals surface area contributed by atoms with Gasteiger partial charge in [-0.3, -0.25) is 4.79 Å². The predicted molar refractivity (Wildman–Crippen MR) is 99.1 cm³/mol. The fourth-order valence-electron chi connectivity index (χ4n) is 2.61. The second-order valence-electron chi connectivity index (χ2n) is 5.81. The van der Waals surface area contributed by atoms with Crippen LogP contribution in [0.4, 0.5) is 0 Å². The maximum Gasteiger partial charge on any atom is 0.252 e. The molecule has 0 saturated carbocycles. The highest BCUT2D eigenvalue weighted by molar-refractivity contribution is 7.98. The van der Waals surface area contributed by atoms with E-state index in [9.17, 15) is 4.79 Å². The molecule has 2 aromatic carbocycles. The van der Waals surface area contributed by atoms with Gasteiger partial charge in [0.05, 0.1) is 33.3 Å². The summed E-state index contributed by atoms with van der Waals surface area (Å²) >= 11 is 1.58. The van der Waals surface area contributed by atoms with Gasteiger partial charge in [-0.2, -0.15) is 0 Å². The van der Waals surface area contributed by atoms with Crippen molar-refractivity contribution in [3.05, 3.63) is 59.7 Å². The molecular weight excluding hydrogens is 320 g/mol. The summed E-state index contributed by atoms with van der Waals surface area (Å²) in [5.41, 5.74) is 1.90. The molecule has 0 fully saturated rings. The van der Waals surface area contributed by atoms with Crippen LogP contribution < -0.4 is 15.0 Å². The smallest absolute Gasteiger partial charge is 0.252 e. The Morgan fingerprint density at radius 1 is 1.17 bits per heavy atom. The second-order valence-corrected chi connectivity index (χ2v) is 6.66. The highest BCUT2D eigenvalue weighted by Gasteiger charge is 2.20. The number of amides is 1. The first-order chi connectivity index (χ1) is 11.6. The number of benzene rings is 2. The van der Waals surface area contributed by atoms with E-state index in [2.05, 4.69) is 31.5 Å². The number of likely N-dealkylation sites (N-methyl/N-ethyl adjacent to an activating group) is 1. The quantitative estimate of drug-likeness (QED) is 0.755. The van der Waals surface area contributed by atoms with Gasteiger partial charge in [0.2, 0.25) is 0 Å². The molecule has 24 heavy (non-hydrogen) atoms. The summed E-state index contributed by atoms with van der Waals surface area (Å²) in [6.07, 6.45) is 1.98. The third-order valence-electron chi connectivity index (χ3n) is 4.03. The van der Waals surface area contributed by atoms with Crippen molar-refractivity contribution in [3.8, 4) is 5.75 Å². The van der Waals surface area contributed by atoms with E-state index >= 15 is 0 Å². The zero-order chi connectivity index (χ0) is 17.5. The first-order valence-corrected chi connectivity index (χ1v) is 9.14. The maximum atomic E-state index is 12.5. The molecule has 1 amide bonds. The van der Waals surface area contributed by atoms with Crippen LogP contribution in [-0.2, 0) is 0 Å². The minimum Gasteiger partial charge on any atom is -0.497 e. The minimum absolute atomic E-state index is 0.0280. The molecule has 128 valence electrons. The van der Waals surface area contributed by atoms with Gasteiger partial charge in [0.1, 0.15) is 11.8 Å². The SMILES string of the molecule is COc1ccc([C@H](CNC(=O)c2ccccc2SC)[NH+](C)C)cc1. The summed E-state index contributed by atoms with van der Waals surface area (Å²) in [5.74, 6) is 0.809. The third-order valence-corrected chi connectivity index (χ3v) is 4.83. The van der Waals surface area contributed by atoms with E-state index in [0.717, 1.165) is 16.2 Å². The van der Waals surface area contributed by atoms with Gasteiger partial charge in [-0.25, -0.2) is 0 Å². The van der Waals surface area contributed by atoms with Crippen molar-refractivity contribution in [1.82, 2.24) is 5.32 Å². The summed E-state index contributed by atoms with van der Waals surface area (Å²) in [4.78, 5) is 14.8. The molecule has 0 saturated heterocycles. The fourth-order valence-corrected chi connectivity index (χ4v) is 3.21. The van der Waals surface area contributed by atoms with Gasteiger partial charge >= 0.3 is 0 Å². The Morgan fingerprint density at radius 2 is 1.83 bits per heavy atom. The van der Waals surface area contributed by atoms with Crippen molar-refractivity contribution in [2.24, 2.45) is 0 Å². The van der Waals surface area contributed by atoms with Gasteiger partial charge < -0.3 is 15.0 Å². The van der Waals surface area contributed by atoms with Crippen LogP contribution in [0.1, 0.15) is 22.0 Å². The average Bonchev–Trinajstić information content (AvgIpc) is 2.61. The Kier molecular flexibility index (Phi) is 6.70. The standard InChI is InChI=1S/C19H24N2O2S/c1-21(2)17(14-9-11-15(23-3)12-10-14)13-20-19(22)16-7-5-6-8-18(16)24-4/h5-12,17H,13H2,1-4H3,(H,20,22)/p+1/t17-/m0/s1. The lowest BCUT2D eigenvalue weighted by Crippen LogP contribution is -3.07. The first-order valence-electron chi connectivity index (χ1n) is 7.92. The van der Waals surface area contributed by atoms with Gasteiger partial charge in [-0.05, 0) is 42.7 Å². The molecular formula is C19H25N2O2S+. The fraction of sp³-hybridized carbons (Fsp3) is 0.316. The summed E-state index contributed by atoms with van der Waals surface area (Å²) in [7, 11) is 5.85. The van der Waals surface area contributed by atoms with E-state index < -0.39 is 0 Å². The van der Waals surface area contributed by atoms with Crippen molar-refractivity contribution in [2.45, 2.75) is 10.9 Å². The number of thioether (sulfide) groups is 1. The summed E-state index contributed by atoms with van der Waals surface area (Å²) in [6, 6.07) is 15.9. The normalized spacial score (nSPS) is 12.0. The third kappa shape index (κ3) is 4.52. The second kappa shape index (κ2) is 8.76. The van der Waals surface area contributed by atoms with E-state index in [1.165, 1.54) is 10.5 Å². The van der Waals surface area contributed by atoms with E-state index in [-0.39, 0.29) is 11.9 Å². The molecule has 2 rings (SSSR count). The van der Waals surface area contributed by atoms with E-state index in [4.69, 9.17) is 4.74 Å². The number of carbonyl (C=O) groups excluding carboxylic acids is 1. The molecule has 0 heterocycles. The lowest BCUT2D eigenvalue weighted by molar-refractivity contribution is -0.890. The van der Waals surface area contributed by atoms with Crippen LogP contribution in [-0.4, -0.2) is 39.9 Å². The molecule has 0 aliphatic heterocycles. The van der Waals surface area contributed by atoms with Gasteiger partial charge in [0.25, 0.3) is 5.91 Å².